The van der Waals surface area contributed by atoms with Gasteiger partial charge >= 0.3 is 0 Å². The normalized spacial score (nSPS) is 11.2. The standard InChI is InChI=1S/C16H10N2O/c1-2-6-13-11(5-1)9-12(10-17-13)16-18-14-7-3-4-8-15(14)19-16/h1-10H. The van der Waals surface area contributed by atoms with E-state index in [4.69, 9.17) is 4.42 Å². The summed E-state index contributed by atoms with van der Waals surface area (Å²) < 4.78 is 5.75. The molecule has 0 aliphatic rings. The van der Waals surface area contributed by atoms with E-state index in [2.05, 4.69) is 9.97 Å². The molecule has 2 heterocycles. The molecule has 0 fully saturated rings. The quantitative estimate of drug-likeness (QED) is 0.508. The molecule has 0 N–H and O–H groups in total. The van der Waals surface area contributed by atoms with E-state index in [-0.39, 0.29) is 0 Å². The Bertz CT molecular complexity index is 847. The number of pyridine rings is 1. The zero-order valence-corrected chi connectivity index (χ0v) is 10.1. The van der Waals surface area contributed by atoms with Gasteiger partial charge in [0.15, 0.2) is 5.58 Å². The number of nitrogens with zero attached hydrogens (tertiary/aromatic N) is 2. The Balaban J connectivity index is 1.93. The van der Waals surface area contributed by atoms with Gasteiger partial charge in [0.05, 0.1) is 11.1 Å². The van der Waals surface area contributed by atoms with Crippen LogP contribution >= 0.6 is 0 Å². The van der Waals surface area contributed by atoms with Crippen molar-refractivity contribution in [2.75, 3.05) is 0 Å². The molecule has 0 saturated heterocycles. The minimum atomic E-state index is 0.611. The lowest BCUT2D eigenvalue weighted by molar-refractivity contribution is 0.619. The van der Waals surface area contributed by atoms with E-state index in [1.807, 2.05) is 54.6 Å². The highest BCUT2D eigenvalue weighted by Gasteiger charge is 2.08. The molecule has 3 heteroatoms. The summed E-state index contributed by atoms with van der Waals surface area (Å²) in [6.45, 7) is 0. The van der Waals surface area contributed by atoms with Gasteiger partial charge in [0, 0.05) is 11.6 Å². The monoisotopic (exact) mass is 246 g/mol. The highest BCUT2D eigenvalue weighted by Crippen LogP contribution is 2.25. The van der Waals surface area contributed by atoms with Crippen molar-refractivity contribution >= 4 is 22.0 Å². The number of benzene rings is 2. The summed E-state index contributed by atoms with van der Waals surface area (Å²) in [5.41, 5.74) is 3.54. The van der Waals surface area contributed by atoms with Crippen LogP contribution in [0.25, 0.3) is 33.5 Å². The van der Waals surface area contributed by atoms with Crippen molar-refractivity contribution in [3.63, 3.8) is 0 Å². The first kappa shape index (κ1) is 10.3. The first-order chi connectivity index (χ1) is 9.40. The van der Waals surface area contributed by atoms with Gasteiger partial charge in [-0.15, -0.1) is 0 Å². The third-order valence-corrected chi connectivity index (χ3v) is 3.13. The first-order valence-corrected chi connectivity index (χ1v) is 6.11. The third-order valence-electron chi connectivity index (χ3n) is 3.13. The SMILES string of the molecule is c1ccc2ncc(-c3nc4ccccc4o3)cc2c1. The molecular formula is C16H10N2O. The van der Waals surface area contributed by atoms with Crippen molar-refractivity contribution in [3.05, 3.63) is 60.8 Å². The number of hydrogen-bond acceptors (Lipinski definition) is 3. The van der Waals surface area contributed by atoms with Gasteiger partial charge < -0.3 is 4.42 Å². The van der Waals surface area contributed by atoms with Gasteiger partial charge in [0.25, 0.3) is 0 Å². The number of aromatic nitrogens is 2. The molecule has 2 aromatic carbocycles. The Morgan fingerprint density at radius 2 is 1.63 bits per heavy atom. The topological polar surface area (TPSA) is 38.9 Å². The number of hydrogen-bond donors (Lipinski definition) is 0. The van der Waals surface area contributed by atoms with E-state index in [0.717, 1.165) is 27.6 Å². The largest absolute Gasteiger partial charge is 0.436 e. The molecule has 0 spiro atoms. The van der Waals surface area contributed by atoms with Gasteiger partial charge in [-0.2, -0.15) is 0 Å². The fourth-order valence-corrected chi connectivity index (χ4v) is 2.18. The maximum atomic E-state index is 5.75. The van der Waals surface area contributed by atoms with Crippen LogP contribution in [-0.2, 0) is 0 Å². The van der Waals surface area contributed by atoms with Gasteiger partial charge in [-0.1, -0.05) is 30.3 Å². The fourth-order valence-electron chi connectivity index (χ4n) is 2.18. The Morgan fingerprint density at radius 1 is 0.842 bits per heavy atom. The molecule has 2 aromatic heterocycles. The highest BCUT2D eigenvalue weighted by atomic mass is 16.3. The second-order valence-electron chi connectivity index (χ2n) is 4.40. The van der Waals surface area contributed by atoms with Crippen LogP contribution in [0.5, 0.6) is 0 Å². The first-order valence-electron chi connectivity index (χ1n) is 6.11. The summed E-state index contributed by atoms with van der Waals surface area (Å²) in [4.78, 5) is 8.91. The second-order valence-corrected chi connectivity index (χ2v) is 4.40. The molecule has 19 heavy (non-hydrogen) atoms. The molecule has 0 saturated carbocycles. The van der Waals surface area contributed by atoms with E-state index in [1.54, 1.807) is 6.20 Å². The third kappa shape index (κ3) is 1.67. The van der Waals surface area contributed by atoms with Crippen LogP contribution in [0.15, 0.2) is 65.2 Å². The molecule has 0 unspecified atom stereocenters. The van der Waals surface area contributed by atoms with Crippen LogP contribution in [-0.4, -0.2) is 9.97 Å². The summed E-state index contributed by atoms with van der Waals surface area (Å²) >= 11 is 0. The highest BCUT2D eigenvalue weighted by molar-refractivity contribution is 5.83. The molecule has 4 rings (SSSR count). The van der Waals surface area contributed by atoms with Crippen molar-refractivity contribution in [1.82, 2.24) is 9.97 Å². The summed E-state index contributed by atoms with van der Waals surface area (Å²) in [5.74, 6) is 0.611. The van der Waals surface area contributed by atoms with Crippen LogP contribution in [0.1, 0.15) is 0 Å². The van der Waals surface area contributed by atoms with E-state index >= 15 is 0 Å². The molecule has 0 amide bonds. The number of oxazole rings is 1. The summed E-state index contributed by atoms with van der Waals surface area (Å²) in [6, 6.07) is 17.8. The average molecular weight is 246 g/mol. The number of rotatable bonds is 1. The summed E-state index contributed by atoms with van der Waals surface area (Å²) in [6.07, 6.45) is 1.80. The Labute approximate surface area is 109 Å². The predicted octanol–water partition coefficient (Wildman–Crippen LogP) is 4.04. The Morgan fingerprint density at radius 3 is 2.53 bits per heavy atom. The van der Waals surface area contributed by atoms with E-state index in [1.165, 1.54) is 0 Å². The van der Waals surface area contributed by atoms with E-state index in [9.17, 15) is 0 Å². The van der Waals surface area contributed by atoms with Crippen LogP contribution < -0.4 is 0 Å². The predicted molar refractivity (Wildman–Crippen MR) is 74.7 cm³/mol. The smallest absolute Gasteiger partial charge is 0.228 e. The molecule has 90 valence electrons. The lowest BCUT2D eigenvalue weighted by atomic mass is 10.1. The molecule has 4 aromatic rings. The second kappa shape index (κ2) is 3.92. The molecule has 0 bridgehead atoms. The fraction of sp³-hybridized carbons (Fsp3) is 0. The van der Waals surface area contributed by atoms with Crippen molar-refractivity contribution in [2.45, 2.75) is 0 Å². The average Bonchev–Trinajstić information content (AvgIpc) is 2.90. The van der Waals surface area contributed by atoms with Crippen molar-refractivity contribution in [2.24, 2.45) is 0 Å². The van der Waals surface area contributed by atoms with Gasteiger partial charge in [-0.25, -0.2) is 4.98 Å². The van der Waals surface area contributed by atoms with E-state index < -0.39 is 0 Å². The molecule has 0 radical (unpaired) electrons. The van der Waals surface area contributed by atoms with Crippen molar-refractivity contribution in [3.8, 4) is 11.5 Å². The van der Waals surface area contributed by atoms with Crippen molar-refractivity contribution in [1.29, 1.82) is 0 Å². The summed E-state index contributed by atoms with van der Waals surface area (Å²) in [5, 5.41) is 1.09. The van der Waals surface area contributed by atoms with Crippen LogP contribution in [0.4, 0.5) is 0 Å². The lowest BCUT2D eigenvalue weighted by Crippen LogP contribution is -1.82. The molecule has 0 aliphatic carbocycles. The Hall–Kier alpha value is -2.68. The maximum absolute atomic E-state index is 5.75. The van der Waals surface area contributed by atoms with Gasteiger partial charge in [-0.05, 0) is 24.3 Å². The lowest BCUT2D eigenvalue weighted by Gasteiger charge is -1.98. The van der Waals surface area contributed by atoms with Crippen molar-refractivity contribution < 1.29 is 4.42 Å². The van der Waals surface area contributed by atoms with Gasteiger partial charge in [0.1, 0.15) is 5.52 Å². The molecule has 0 aliphatic heterocycles. The van der Waals surface area contributed by atoms with Gasteiger partial charge in [-0.3, -0.25) is 4.98 Å². The van der Waals surface area contributed by atoms with Gasteiger partial charge in [0.2, 0.25) is 5.89 Å². The van der Waals surface area contributed by atoms with Crippen LogP contribution in [0.2, 0.25) is 0 Å². The number of fused-ring (bicyclic) bond motifs is 2. The Kier molecular flexibility index (Phi) is 2.12. The summed E-state index contributed by atoms with van der Waals surface area (Å²) in [7, 11) is 0. The number of para-hydroxylation sites is 3. The minimum Gasteiger partial charge on any atom is -0.436 e. The minimum absolute atomic E-state index is 0.611. The van der Waals surface area contributed by atoms with Crippen LogP contribution in [0, 0.1) is 0 Å². The molecule has 3 nitrogen and oxygen atoms in total. The zero-order valence-electron chi connectivity index (χ0n) is 10.1. The zero-order chi connectivity index (χ0) is 12.7. The van der Waals surface area contributed by atoms with Crippen LogP contribution in [0.3, 0.4) is 0 Å². The molecular weight excluding hydrogens is 236 g/mol. The maximum Gasteiger partial charge on any atom is 0.228 e. The molecule has 0 atom stereocenters. The van der Waals surface area contributed by atoms with E-state index in [0.29, 0.717) is 5.89 Å².